The number of hydrogen-bond acceptors (Lipinski definition) is 3. The Hall–Kier alpha value is -1.10. The number of aliphatic hydroxyl groups is 1. The van der Waals surface area contributed by atoms with Gasteiger partial charge in [0.05, 0.1) is 6.10 Å². The predicted octanol–water partition coefficient (Wildman–Crippen LogP) is -0.752. The van der Waals surface area contributed by atoms with Gasteiger partial charge in [-0.25, -0.2) is 0 Å². The standard InChI is InChI=1S/C10H16N2O3/c13-7-2-1-5-12(6-7)10(15)8-3-4-9(14)11-8/h7-8,13H,1-6H2,(H,11,14)/t7-,8+/m0/s1. The van der Waals surface area contributed by atoms with E-state index < -0.39 is 6.10 Å². The van der Waals surface area contributed by atoms with Crippen LogP contribution in [0.2, 0.25) is 0 Å². The van der Waals surface area contributed by atoms with Gasteiger partial charge in [-0.05, 0) is 19.3 Å². The van der Waals surface area contributed by atoms with Crippen molar-refractivity contribution in [3.63, 3.8) is 0 Å². The lowest BCUT2D eigenvalue weighted by atomic mass is 10.1. The number of hydrogen-bond donors (Lipinski definition) is 2. The molecule has 5 heteroatoms. The van der Waals surface area contributed by atoms with E-state index in [1.54, 1.807) is 4.90 Å². The van der Waals surface area contributed by atoms with Crippen LogP contribution in [0.3, 0.4) is 0 Å². The third-order valence-corrected chi connectivity index (χ3v) is 3.00. The van der Waals surface area contributed by atoms with Gasteiger partial charge in [0.2, 0.25) is 11.8 Å². The van der Waals surface area contributed by atoms with Crippen molar-refractivity contribution >= 4 is 11.8 Å². The summed E-state index contributed by atoms with van der Waals surface area (Å²) in [6.07, 6.45) is 2.23. The molecule has 0 aromatic heterocycles. The minimum atomic E-state index is -0.403. The van der Waals surface area contributed by atoms with E-state index in [4.69, 9.17) is 0 Å². The minimum absolute atomic E-state index is 0.0420. The molecular formula is C10H16N2O3. The number of rotatable bonds is 1. The van der Waals surface area contributed by atoms with Gasteiger partial charge in [0.1, 0.15) is 6.04 Å². The lowest BCUT2D eigenvalue weighted by Crippen LogP contribution is -2.49. The fraction of sp³-hybridized carbons (Fsp3) is 0.800. The van der Waals surface area contributed by atoms with Crippen LogP contribution in [-0.2, 0) is 9.59 Å². The van der Waals surface area contributed by atoms with Crippen LogP contribution in [0.5, 0.6) is 0 Å². The highest BCUT2D eigenvalue weighted by Gasteiger charge is 2.32. The van der Waals surface area contributed by atoms with Crippen molar-refractivity contribution in [3.8, 4) is 0 Å². The zero-order valence-electron chi connectivity index (χ0n) is 8.61. The zero-order chi connectivity index (χ0) is 10.8. The highest BCUT2D eigenvalue weighted by Crippen LogP contribution is 2.15. The van der Waals surface area contributed by atoms with E-state index >= 15 is 0 Å². The molecule has 15 heavy (non-hydrogen) atoms. The van der Waals surface area contributed by atoms with Gasteiger partial charge in [0, 0.05) is 19.5 Å². The molecule has 0 radical (unpaired) electrons. The van der Waals surface area contributed by atoms with Gasteiger partial charge < -0.3 is 15.3 Å². The largest absolute Gasteiger partial charge is 0.391 e. The number of piperidine rings is 1. The summed E-state index contributed by atoms with van der Waals surface area (Å²) in [6, 6.07) is -0.359. The van der Waals surface area contributed by atoms with Crippen LogP contribution in [0.4, 0.5) is 0 Å². The molecule has 0 aliphatic carbocycles. The Bertz CT molecular complexity index is 280. The summed E-state index contributed by atoms with van der Waals surface area (Å²) in [7, 11) is 0. The first-order valence-corrected chi connectivity index (χ1v) is 5.43. The zero-order valence-corrected chi connectivity index (χ0v) is 8.61. The Kier molecular flexibility index (Phi) is 2.90. The van der Waals surface area contributed by atoms with Gasteiger partial charge in [0.25, 0.3) is 0 Å². The Balaban J connectivity index is 1.92. The smallest absolute Gasteiger partial charge is 0.245 e. The Morgan fingerprint density at radius 2 is 2.27 bits per heavy atom. The monoisotopic (exact) mass is 212 g/mol. The molecular weight excluding hydrogens is 196 g/mol. The number of β-amino-alcohol motifs (C(OH)–C–C–N with tert-alkyl or cyclic N) is 1. The molecule has 2 N–H and O–H groups in total. The molecule has 0 aromatic rings. The average molecular weight is 212 g/mol. The maximum Gasteiger partial charge on any atom is 0.245 e. The molecule has 2 amide bonds. The van der Waals surface area contributed by atoms with Crippen molar-refractivity contribution in [3.05, 3.63) is 0 Å². The van der Waals surface area contributed by atoms with Gasteiger partial charge >= 0.3 is 0 Å². The lowest BCUT2D eigenvalue weighted by Gasteiger charge is -2.31. The SMILES string of the molecule is O=C1CC[C@H](C(=O)N2CCC[C@H](O)C2)N1. The van der Waals surface area contributed by atoms with Crippen LogP contribution >= 0.6 is 0 Å². The third kappa shape index (κ3) is 2.28. The number of amides is 2. The van der Waals surface area contributed by atoms with Crippen LogP contribution in [0.25, 0.3) is 0 Å². The first kappa shape index (κ1) is 10.4. The topological polar surface area (TPSA) is 69.6 Å². The van der Waals surface area contributed by atoms with Gasteiger partial charge in [-0.2, -0.15) is 0 Å². The van der Waals surface area contributed by atoms with Gasteiger partial charge in [0.15, 0.2) is 0 Å². The van der Waals surface area contributed by atoms with E-state index in [0.717, 1.165) is 12.8 Å². The molecule has 2 atom stereocenters. The molecule has 2 fully saturated rings. The van der Waals surface area contributed by atoms with Crippen LogP contribution in [0, 0.1) is 0 Å². The summed E-state index contributed by atoms with van der Waals surface area (Å²) < 4.78 is 0. The number of nitrogens with one attached hydrogen (secondary N) is 1. The highest BCUT2D eigenvalue weighted by molar-refractivity contribution is 5.90. The van der Waals surface area contributed by atoms with Crippen molar-refractivity contribution in [1.82, 2.24) is 10.2 Å². The molecule has 2 aliphatic heterocycles. The summed E-state index contributed by atoms with van der Waals surface area (Å²) in [5.74, 6) is -0.0921. The lowest BCUT2D eigenvalue weighted by molar-refractivity contribution is -0.137. The van der Waals surface area contributed by atoms with Gasteiger partial charge in [-0.1, -0.05) is 0 Å². The maximum absolute atomic E-state index is 11.9. The summed E-state index contributed by atoms with van der Waals surface area (Å²) >= 11 is 0. The van der Waals surface area contributed by atoms with Gasteiger partial charge in [-0.15, -0.1) is 0 Å². The number of likely N-dealkylation sites (tertiary alicyclic amines) is 1. The Labute approximate surface area is 88.4 Å². The third-order valence-electron chi connectivity index (χ3n) is 3.00. The maximum atomic E-state index is 11.9. The van der Waals surface area contributed by atoms with E-state index in [9.17, 15) is 14.7 Å². The normalized spacial score (nSPS) is 31.5. The summed E-state index contributed by atoms with van der Waals surface area (Å²) in [4.78, 5) is 24.5. The van der Waals surface area contributed by atoms with Crippen molar-refractivity contribution in [2.45, 2.75) is 37.8 Å². The van der Waals surface area contributed by atoms with Crippen LogP contribution in [-0.4, -0.2) is 47.1 Å². The van der Waals surface area contributed by atoms with E-state index in [2.05, 4.69) is 5.32 Å². The number of aliphatic hydroxyl groups excluding tert-OH is 1. The molecule has 2 aliphatic rings. The molecule has 2 saturated heterocycles. The number of carbonyl (C=O) groups is 2. The van der Waals surface area contributed by atoms with Crippen molar-refractivity contribution in [2.75, 3.05) is 13.1 Å². The summed E-state index contributed by atoms with van der Waals surface area (Å²) in [5, 5.41) is 12.1. The molecule has 0 unspecified atom stereocenters. The van der Waals surface area contributed by atoms with Crippen molar-refractivity contribution < 1.29 is 14.7 Å². The second-order valence-electron chi connectivity index (χ2n) is 4.24. The fourth-order valence-electron chi connectivity index (χ4n) is 2.17. The first-order valence-electron chi connectivity index (χ1n) is 5.43. The van der Waals surface area contributed by atoms with Crippen LogP contribution in [0.1, 0.15) is 25.7 Å². The predicted molar refractivity (Wildman–Crippen MR) is 53.0 cm³/mol. The van der Waals surface area contributed by atoms with E-state index in [-0.39, 0.29) is 17.9 Å². The number of carbonyl (C=O) groups excluding carboxylic acids is 2. The van der Waals surface area contributed by atoms with E-state index in [1.165, 1.54) is 0 Å². The van der Waals surface area contributed by atoms with Crippen LogP contribution in [0.15, 0.2) is 0 Å². The fourth-order valence-corrected chi connectivity index (χ4v) is 2.17. The van der Waals surface area contributed by atoms with E-state index in [1.807, 2.05) is 0 Å². The van der Waals surface area contributed by atoms with Crippen molar-refractivity contribution in [1.29, 1.82) is 0 Å². The molecule has 2 rings (SSSR count). The minimum Gasteiger partial charge on any atom is -0.391 e. The Morgan fingerprint density at radius 1 is 1.47 bits per heavy atom. The molecule has 84 valence electrons. The van der Waals surface area contributed by atoms with Crippen molar-refractivity contribution in [2.24, 2.45) is 0 Å². The van der Waals surface area contributed by atoms with E-state index in [0.29, 0.717) is 25.9 Å². The second-order valence-corrected chi connectivity index (χ2v) is 4.24. The molecule has 0 bridgehead atoms. The second kappa shape index (κ2) is 4.18. The average Bonchev–Trinajstić information content (AvgIpc) is 2.64. The molecule has 5 nitrogen and oxygen atoms in total. The molecule has 0 saturated carbocycles. The molecule has 2 heterocycles. The highest BCUT2D eigenvalue weighted by atomic mass is 16.3. The van der Waals surface area contributed by atoms with Crippen LogP contribution < -0.4 is 5.32 Å². The molecule has 0 spiro atoms. The quantitative estimate of drug-likeness (QED) is 0.601. The summed E-state index contributed by atoms with van der Waals surface area (Å²) in [5.41, 5.74) is 0. The van der Waals surface area contributed by atoms with Gasteiger partial charge in [-0.3, -0.25) is 9.59 Å². The molecule has 0 aromatic carbocycles. The number of nitrogens with zero attached hydrogens (tertiary/aromatic N) is 1. The first-order chi connectivity index (χ1) is 7.16. The Morgan fingerprint density at radius 3 is 2.87 bits per heavy atom. The summed E-state index contributed by atoms with van der Waals surface area (Å²) in [6.45, 7) is 1.10.